The molecule has 0 amide bonds. The molecule has 0 aliphatic carbocycles. The van der Waals surface area contributed by atoms with Gasteiger partial charge in [0.2, 0.25) is 0 Å². The van der Waals surface area contributed by atoms with Gasteiger partial charge in [-0.1, -0.05) is 18.2 Å². The van der Waals surface area contributed by atoms with Gasteiger partial charge in [0.1, 0.15) is 19.3 Å². The van der Waals surface area contributed by atoms with E-state index in [1.807, 2.05) is 63.4 Å². The van der Waals surface area contributed by atoms with Crippen molar-refractivity contribution < 1.29 is 28.8 Å². The van der Waals surface area contributed by atoms with Crippen LogP contribution >= 0.6 is 0 Å². The second-order valence-corrected chi connectivity index (χ2v) is 8.56. The molecule has 1 aliphatic rings. The molecule has 2 aromatic rings. The Balaban J connectivity index is 1.47. The standard InChI is InChI=1S/C27H40N2O6/c1-4-32-24-8-6-7-9-25(24)35-21-23(30)20-28(3)19-22-10-11-26(27(18-22)33-5-2)34-17-14-29-12-15-31-16-13-29/h6-11,18,23,30H,4-5,12-17,19-21H2,1-3H3/t23-/m0/s1. The Bertz CT molecular complexity index is 875. The Morgan fingerprint density at radius 2 is 1.57 bits per heavy atom. The highest BCUT2D eigenvalue weighted by Crippen LogP contribution is 2.29. The number of morpholine rings is 1. The molecule has 35 heavy (non-hydrogen) atoms. The first-order chi connectivity index (χ1) is 17.1. The lowest BCUT2D eigenvalue weighted by molar-refractivity contribution is 0.0320. The summed E-state index contributed by atoms with van der Waals surface area (Å²) in [5.41, 5.74) is 1.09. The zero-order valence-electron chi connectivity index (χ0n) is 21.3. The van der Waals surface area contributed by atoms with Gasteiger partial charge in [-0.15, -0.1) is 0 Å². The molecule has 1 N–H and O–H groups in total. The van der Waals surface area contributed by atoms with Crippen molar-refractivity contribution in [2.24, 2.45) is 0 Å². The van der Waals surface area contributed by atoms with Crippen molar-refractivity contribution in [3.8, 4) is 23.0 Å². The second kappa shape index (κ2) is 14.8. The van der Waals surface area contributed by atoms with Gasteiger partial charge in [-0.05, 0) is 50.7 Å². The maximum Gasteiger partial charge on any atom is 0.161 e. The Morgan fingerprint density at radius 3 is 2.29 bits per heavy atom. The molecule has 0 radical (unpaired) electrons. The van der Waals surface area contributed by atoms with Gasteiger partial charge in [0.25, 0.3) is 0 Å². The van der Waals surface area contributed by atoms with Crippen molar-refractivity contribution in [1.29, 1.82) is 0 Å². The van der Waals surface area contributed by atoms with E-state index in [9.17, 15) is 5.11 Å². The van der Waals surface area contributed by atoms with Crippen LogP contribution in [0.5, 0.6) is 23.0 Å². The van der Waals surface area contributed by atoms with Crippen molar-refractivity contribution in [2.45, 2.75) is 26.5 Å². The molecule has 0 unspecified atom stereocenters. The number of nitrogens with zero attached hydrogens (tertiary/aromatic N) is 2. The molecule has 3 rings (SSSR count). The van der Waals surface area contributed by atoms with Crippen LogP contribution in [0.25, 0.3) is 0 Å². The highest BCUT2D eigenvalue weighted by molar-refractivity contribution is 5.43. The van der Waals surface area contributed by atoms with E-state index in [1.54, 1.807) is 0 Å². The summed E-state index contributed by atoms with van der Waals surface area (Å²) in [6.45, 7) is 11.3. The van der Waals surface area contributed by atoms with Crippen LogP contribution in [0.2, 0.25) is 0 Å². The Morgan fingerprint density at radius 1 is 0.914 bits per heavy atom. The van der Waals surface area contributed by atoms with E-state index in [1.165, 1.54) is 0 Å². The smallest absolute Gasteiger partial charge is 0.161 e. The Labute approximate surface area is 209 Å². The van der Waals surface area contributed by atoms with Crippen molar-refractivity contribution in [3.63, 3.8) is 0 Å². The Kier molecular flexibility index (Phi) is 11.4. The number of likely N-dealkylation sites (N-methyl/N-ethyl adjacent to an activating group) is 1. The molecule has 0 bridgehead atoms. The minimum atomic E-state index is -0.635. The molecule has 194 valence electrons. The molecule has 0 aromatic heterocycles. The summed E-state index contributed by atoms with van der Waals surface area (Å²) in [7, 11) is 1.98. The van der Waals surface area contributed by atoms with E-state index in [2.05, 4.69) is 9.80 Å². The Hall–Kier alpha value is -2.52. The number of rotatable bonds is 15. The second-order valence-electron chi connectivity index (χ2n) is 8.56. The summed E-state index contributed by atoms with van der Waals surface area (Å²) in [5.74, 6) is 2.83. The van der Waals surface area contributed by atoms with Gasteiger partial charge in [0, 0.05) is 32.7 Å². The number of aliphatic hydroxyl groups excluding tert-OH is 1. The summed E-state index contributed by atoms with van der Waals surface area (Å²) in [6.07, 6.45) is -0.635. The predicted molar refractivity (Wildman–Crippen MR) is 136 cm³/mol. The molecule has 0 saturated carbocycles. The van der Waals surface area contributed by atoms with Crippen molar-refractivity contribution in [1.82, 2.24) is 9.80 Å². The van der Waals surface area contributed by atoms with Crippen molar-refractivity contribution in [3.05, 3.63) is 48.0 Å². The van der Waals surface area contributed by atoms with Crippen molar-refractivity contribution in [2.75, 3.05) is 72.9 Å². The van der Waals surface area contributed by atoms with E-state index in [4.69, 9.17) is 23.7 Å². The number of benzene rings is 2. The average Bonchev–Trinajstić information content (AvgIpc) is 2.86. The number of para-hydroxylation sites is 2. The summed E-state index contributed by atoms with van der Waals surface area (Å²) in [4.78, 5) is 4.41. The average molecular weight is 489 g/mol. The lowest BCUT2D eigenvalue weighted by atomic mass is 10.2. The molecule has 1 atom stereocenters. The lowest BCUT2D eigenvalue weighted by Gasteiger charge is -2.26. The molecular formula is C27H40N2O6. The quantitative estimate of drug-likeness (QED) is 0.410. The van der Waals surface area contributed by atoms with E-state index in [0.717, 1.165) is 49.9 Å². The van der Waals surface area contributed by atoms with E-state index < -0.39 is 6.10 Å². The summed E-state index contributed by atoms with van der Waals surface area (Å²) >= 11 is 0. The summed E-state index contributed by atoms with van der Waals surface area (Å²) < 4.78 is 28.7. The van der Waals surface area contributed by atoms with Crippen LogP contribution in [0.4, 0.5) is 0 Å². The zero-order chi connectivity index (χ0) is 24.9. The van der Waals surface area contributed by atoms with E-state index in [0.29, 0.717) is 44.4 Å². The fraction of sp³-hybridized carbons (Fsp3) is 0.556. The molecule has 1 saturated heterocycles. The molecule has 8 nitrogen and oxygen atoms in total. The summed E-state index contributed by atoms with van der Waals surface area (Å²) in [5, 5.41) is 10.5. The number of aliphatic hydroxyl groups is 1. The SMILES string of the molecule is CCOc1cc(CN(C)C[C@H](O)COc2ccccc2OCC)ccc1OCCN1CCOCC1. The van der Waals surface area contributed by atoms with Gasteiger partial charge >= 0.3 is 0 Å². The third kappa shape index (κ3) is 9.22. The molecular weight excluding hydrogens is 448 g/mol. The van der Waals surface area contributed by atoms with Crippen LogP contribution in [0.1, 0.15) is 19.4 Å². The zero-order valence-corrected chi connectivity index (χ0v) is 21.3. The van der Waals surface area contributed by atoms with Gasteiger partial charge in [-0.3, -0.25) is 9.80 Å². The first-order valence-corrected chi connectivity index (χ1v) is 12.5. The van der Waals surface area contributed by atoms with Crippen LogP contribution in [-0.4, -0.2) is 93.9 Å². The highest BCUT2D eigenvalue weighted by Gasteiger charge is 2.14. The first-order valence-electron chi connectivity index (χ1n) is 12.5. The van der Waals surface area contributed by atoms with Gasteiger partial charge in [0.05, 0.1) is 26.4 Å². The van der Waals surface area contributed by atoms with Gasteiger partial charge in [-0.25, -0.2) is 0 Å². The number of ether oxygens (including phenoxy) is 5. The van der Waals surface area contributed by atoms with E-state index in [-0.39, 0.29) is 6.61 Å². The highest BCUT2D eigenvalue weighted by atomic mass is 16.5. The number of hydrogen-bond donors (Lipinski definition) is 1. The minimum absolute atomic E-state index is 0.189. The monoisotopic (exact) mass is 488 g/mol. The normalized spacial score (nSPS) is 15.1. The van der Waals surface area contributed by atoms with Crippen LogP contribution < -0.4 is 18.9 Å². The van der Waals surface area contributed by atoms with E-state index >= 15 is 0 Å². The molecule has 1 heterocycles. The molecule has 0 spiro atoms. The fourth-order valence-electron chi connectivity index (χ4n) is 3.97. The maximum atomic E-state index is 10.5. The van der Waals surface area contributed by atoms with Gasteiger partial charge < -0.3 is 28.8 Å². The topological polar surface area (TPSA) is 72.9 Å². The fourth-order valence-corrected chi connectivity index (χ4v) is 3.97. The molecule has 2 aromatic carbocycles. The van der Waals surface area contributed by atoms with Crippen LogP contribution in [0.15, 0.2) is 42.5 Å². The van der Waals surface area contributed by atoms with Crippen LogP contribution in [0, 0.1) is 0 Å². The largest absolute Gasteiger partial charge is 0.490 e. The number of hydrogen-bond acceptors (Lipinski definition) is 8. The van der Waals surface area contributed by atoms with Crippen LogP contribution in [-0.2, 0) is 11.3 Å². The predicted octanol–water partition coefficient (Wildman–Crippen LogP) is 3.07. The first kappa shape index (κ1) is 27.1. The van der Waals surface area contributed by atoms with Gasteiger partial charge in [-0.2, -0.15) is 0 Å². The van der Waals surface area contributed by atoms with Crippen LogP contribution in [0.3, 0.4) is 0 Å². The third-order valence-corrected chi connectivity index (χ3v) is 5.63. The molecule has 8 heteroatoms. The lowest BCUT2D eigenvalue weighted by Crippen LogP contribution is -2.38. The molecule has 1 fully saturated rings. The van der Waals surface area contributed by atoms with Crippen molar-refractivity contribution >= 4 is 0 Å². The molecule has 1 aliphatic heterocycles. The van der Waals surface area contributed by atoms with Gasteiger partial charge in [0.15, 0.2) is 23.0 Å². The third-order valence-electron chi connectivity index (χ3n) is 5.63. The maximum absolute atomic E-state index is 10.5. The summed E-state index contributed by atoms with van der Waals surface area (Å²) in [6, 6.07) is 13.5. The minimum Gasteiger partial charge on any atom is -0.490 e.